The Morgan fingerprint density at radius 3 is 2.77 bits per heavy atom. The molecule has 1 aliphatic heterocycles. The third-order valence-corrected chi connectivity index (χ3v) is 6.02. The molecular weight excluding hydrogens is 444 g/mol. The van der Waals surface area contributed by atoms with E-state index in [9.17, 15) is 9.59 Å². The van der Waals surface area contributed by atoms with Crippen molar-refractivity contribution < 1.29 is 9.59 Å². The standard InChI is InChI=1S/C25H24N8O2/c1-32-14-17-6-3-4-9-19(17)22(25(32)35)29-24(34)16-7-5-8-18(12-16)27-13-21-30-31-23(33(21)2)20-10-11-26-15-28-20/h3-12,15,22,27H,13-14H2,1-2H3,(H,29,34). The molecule has 0 saturated carbocycles. The summed E-state index contributed by atoms with van der Waals surface area (Å²) >= 11 is 0. The fraction of sp³-hybridized carbons (Fsp3) is 0.200. The van der Waals surface area contributed by atoms with Gasteiger partial charge in [-0.25, -0.2) is 9.97 Å². The molecule has 4 aromatic rings. The molecule has 35 heavy (non-hydrogen) atoms. The Morgan fingerprint density at radius 2 is 1.94 bits per heavy atom. The van der Waals surface area contributed by atoms with E-state index in [-0.39, 0.29) is 11.8 Å². The summed E-state index contributed by atoms with van der Waals surface area (Å²) in [6, 6.07) is 15.9. The zero-order chi connectivity index (χ0) is 24.4. The second kappa shape index (κ2) is 9.34. The molecule has 10 nitrogen and oxygen atoms in total. The first kappa shape index (κ1) is 22.2. The molecule has 176 valence electrons. The monoisotopic (exact) mass is 468 g/mol. The van der Waals surface area contributed by atoms with Gasteiger partial charge in [-0.05, 0) is 35.4 Å². The summed E-state index contributed by atoms with van der Waals surface area (Å²) in [5.41, 5.74) is 3.75. The van der Waals surface area contributed by atoms with Gasteiger partial charge in [-0.1, -0.05) is 30.3 Å². The summed E-state index contributed by atoms with van der Waals surface area (Å²) in [5.74, 6) is 0.899. The van der Waals surface area contributed by atoms with Gasteiger partial charge in [-0.3, -0.25) is 9.59 Å². The van der Waals surface area contributed by atoms with E-state index in [0.29, 0.717) is 36.0 Å². The zero-order valence-electron chi connectivity index (χ0n) is 19.3. The predicted octanol–water partition coefficient (Wildman–Crippen LogP) is 2.33. The summed E-state index contributed by atoms with van der Waals surface area (Å²) in [7, 11) is 3.61. The molecule has 0 saturated heterocycles. The number of nitrogens with zero attached hydrogens (tertiary/aromatic N) is 6. The first-order valence-corrected chi connectivity index (χ1v) is 11.1. The van der Waals surface area contributed by atoms with E-state index in [1.165, 1.54) is 6.33 Å². The van der Waals surface area contributed by atoms with Crippen LogP contribution in [0.4, 0.5) is 5.69 Å². The number of hydrogen-bond donors (Lipinski definition) is 2. The maximum atomic E-state index is 13.1. The third-order valence-electron chi connectivity index (χ3n) is 6.02. The average Bonchev–Trinajstić information content (AvgIpc) is 3.26. The number of anilines is 1. The van der Waals surface area contributed by atoms with E-state index in [1.54, 1.807) is 42.4 Å². The fourth-order valence-corrected chi connectivity index (χ4v) is 4.11. The summed E-state index contributed by atoms with van der Waals surface area (Å²) in [5, 5.41) is 14.7. The van der Waals surface area contributed by atoms with E-state index in [0.717, 1.165) is 16.8 Å². The van der Waals surface area contributed by atoms with Gasteiger partial charge in [0.1, 0.15) is 18.1 Å². The molecule has 0 bridgehead atoms. The minimum Gasteiger partial charge on any atom is -0.378 e. The number of nitrogens with one attached hydrogen (secondary N) is 2. The van der Waals surface area contributed by atoms with Gasteiger partial charge < -0.3 is 20.1 Å². The number of likely N-dealkylation sites (N-methyl/N-ethyl adjacent to an activating group) is 1. The summed E-state index contributed by atoms with van der Waals surface area (Å²) < 4.78 is 1.86. The topological polar surface area (TPSA) is 118 Å². The maximum Gasteiger partial charge on any atom is 0.252 e. The molecule has 0 spiro atoms. The van der Waals surface area contributed by atoms with Gasteiger partial charge in [0.2, 0.25) is 5.91 Å². The molecule has 2 aromatic carbocycles. The van der Waals surface area contributed by atoms with Crippen LogP contribution in [0, 0.1) is 0 Å². The molecule has 2 aromatic heterocycles. The fourth-order valence-electron chi connectivity index (χ4n) is 4.11. The van der Waals surface area contributed by atoms with Crippen LogP contribution in [-0.2, 0) is 24.9 Å². The van der Waals surface area contributed by atoms with Crippen LogP contribution in [0.1, 0.15) is 33.4 Å². The number of benzene rings is 2. The van der Waals surface area contributed by atoms with Gasteiger partial charge in [-0.2, -0.15) is 0 Å². The van der Waals surface area contributed by atoms with Crippen LogP contribution in [0.5, 0.6) is 0 Å². The molecule has 3 heterocycles. The van der Waals surface area contributed by atoms with Crippen LogP contribution in [0.2, 0.25) is 0 Å². The maximum absolute atomic E-state index is 13.1. The molecule has 1 atom stereocenters. The lowest BCUT2D eigenvalue weighted by molar-refractivity contribution is -0.133. The van der Waals surface area contributed by atoms with E-state index in [1.807, 2.05) is 41.9 Å². The SMILES string of the molecule is CN1Cc2ccccc2C(NC(=O)c2cccc(NCc3nnc(-c4ccncn4)n3C)c2)C1=O. The van der Waals surface area contributed by atoms with Crippen molar-refractivity contribution in [1.29, 1.82) is 0 Å². The van der Waals surface area contributed by atoms with Crippen molar-refractivity contribution in [2.45, 2.75) is 19.1 Å². The summed E-state index contributed by atoms with van der Waals surface area (Å²) in [4.78, 5) is 35.6. The van der Waals surface area contributed by atoms with Crippen molar-refractivity contribution in [3.63, 3.8) is 0 Å². The number of amides is 2. The summed E-state index contributed by atoms with van der Waals surface area (Å²) in [6.45, 7) is 0.931. The lowest BCUT2D eigenvalue weighted by Crippen LogP contribution is -2.44. The second-order valence-corrected chi connectivity index (χ2v) is 8.33. The van der Waals surface area contributed by atoms with Crippen molar-refractivity contribution in [1.82, 2.24) is 34.9 Å². The molecule has 2 N–H and O–H groups in total. The highest BCUT2D eigenvalue weighted by Crippen LogP contribution is 2.27. The smallest absolute Gasteiger partial charge is 0.252 e. The first-order chi connectivity index (χ1) is 17.0. The quantitative estimate of drug-likeness (QED) is 0.446. The van der Waals surface area contributed by atoms with Crippen molar-refractivity contribution in [3.8, 4) is 11.5 Å². The van der Waals surface area contributed by atoms with Gasteiger partial charge in [-0.15, -0.1) is 10.2 Å². The number of carbonyl (C=O) groups is 2. The number of hydrogen-bond acceptors (Lipinski definition) is 7. The van der Waals surface area contributed by atoms with Gasteiger partial charge in [0.25, 0.3) is 5.91 Å². The number of fused-ring (bicyclic) bond motifs is 1. The predicted molar refractivity (Wildman–Crippen MR) is 129 cm³/mol. The van der Waals surface area contributed by atoms with Gasteiger partial charge in [0.15, 0.2) is 11.6 Å². The van der Waals surface area contributed by atoms with Gasteiger partial charge in [0, 0.05) is 38.1 Å². The normalized spacial score (nSPS) is 15.0. The highest BCUT2D eigenvalue weighted by molar-refractivity contribution is 5.99. The minimum absolute atomic E-state index is 0.131. The molecule has 10 heteroatoms. The molecule has 0 fully saturated rings. The number of rotatable bonds is 6. The molecule has 2 amide bonds. The first-order valence-electron chi connectivity index (χ1n) is 11.1. The summed E-state index contributed by atoms with van der Waals surface area (Å²) in [6.07, 6.45) is 3.12. The van der Waals surface area contributed by atoms with Crippen LogP contribution < -0.4 is 10.6 Å². The Labute approximate surface area is 202 Å². The average molecular weight is 469 g/mol. The van der Waals surface area contributed by atoms with Crippen molar-refractivity contribution in [2.75, 3.05) is 12.4 Å². The van der Waals surface area contributed by atoms with Gasteiger partial charge >= 0.3 is 0 Å². The van der Waals surface area contributed by atoms with Gasteiger partial charge in [0.05, 0.1) is 6.54 Å². The van der Waals surface area contributed by atoms with E-state index >= 15 is 0 Å². The molecule has 5 rings (SSSR count). The minimum atomic E-state index is -0.715. The van der Waals surface area contributed by atoms with E-state index in [2.05, 4.69) is 30.8 Å². The zero-order valence-corrected chi connectivity index (χ0v) is 19.3. The van der Waals surface area contributed by atoms with Crippen LogP contribution in [0.15, 0.2) is 67.1 Å². The molecule has 0 radical (unpaired) electrons. The Bertz CT molecular complexity index is 1390. The Hall–Kier alpha value is -4.60. The highest BCUT2D eigenvalue weighted by Gasteiger charge is 2.32. The van der Waals surface area contributed by atoms with Crippen molar-refractivity contribution >= 4 is 17.5 Å². The Morgan fingerprint density at radius 1 is 1.09 bits per heavy atom. The van der Waals surface area contributed by atoms with Crippen LogP contribution in [-0.4, -0.2) is 48.5 Å². The second-order valence-electron chi connectivity index (χ2n) is 8.33. The lowest BCUT2D eigenvalue weighted by atomic mass is 9.94. The van der Waals surface area contributed by atoms with Crippen molar-refractivity contribution in [2.24, 2.45) is 7.05 Å². The lowest BCUT2D eigenvalue weighted by Gasteiger charge is -2.32. The highest BCUT2D eigenvalue weighted by atomic mass is 16.2. The van der Waals surface area contributed by atoms with Crippen molar-refractivity contribution in [3.05, 3.63) is 89.6 Å². The van der Waals surface area contributed by atoms with Crippen LogP contribution in [0.3, 0.4) is 0 Å². The molecule has 1 unspecified atom stereocenters. The molecule has 1 aliphatic rings. The van der Waals surface area contributed by atoms with Crippen LogP contribution >= 0.6 is 0 Å². The van der Waals surface area contributed by atoms with Crippen LogP contribution in [0.25, 0.3) is 11.5 Å². The third kappa shape index (κ3) is 4.45. The number of aromatic nitrogens is 5. The number of carbonyl (C=O) groups excluding carboxylic acids is 2. The Kier molecular flexibility index (Phi) is 5.92. The largest absolute Gasteiger partial charge is 0.378 e. The van der Waals surface area contributed by atoms with E-state index in [4.69, 9.17) is 0 Å². The van der Waals surface area contributed by atoms with E-state index < -0.39 is 6.04 Å². The molecular formula is C25H24N8O2. The molecule has 0 aliphatic carbocycles. The Balaban J connectivity index is 1.29.